The number of hydrogen-bond donors (Lipinski definition) is 1. The normalized spacial score (nSPS) is 12.7. The molecule has 7 heteroatoms. The standard InChI is InChI=1S/C22H21N7/c1-15-4-6-17(7-5-15)21-18(16-8-10-23-11-9-16)13-24-22(26-21)25-14-20-28-27-19-3-2-12-29(19)20/h4-11,13H,2-3,12,14H2,1H3,(H,24,25,26). The fraction of sp³-hybridized carbons (Fsp3) is 0.227. The number of rotatable bonds is 5. The van der Waals surface area contributed by atoms with Crippen LogP contribution >= 0.6 is 0 Å². The van der Waals surface area contributed by atoms with Crippen molar-refractivity contribution in [1.29, 1.82) is 0 Å². The van der Waals surface area contributed by atoms with Gasteiger partial charge in [0.25, 0.3) is 0 Å². The molecule has 0 spiro atoms. The molecule has 1 N–H and O–H groups in total. The molecule has 29 heavy (non-hydrogen) atoms. The Morgan fingerprint density at radius 1 is 1.00 bits per heavy atom. The molecule has 0 amide bonds. The Labute approximate surface area is 168 Å². The SMILES string of the molecule is Cc1ccc(-c2nc(NCc3nnc4n3CCC4)ncc2-c2ccncc2)cc1. The summed E-state index contributed by atoms with van der Waals surface area (Å²) >= 11 is 0. The van der Waals surface area contributed by atoms with Crippen LogP contribution in [0.25, 0.3) is 22.4 Å². The zero-order valence-electron chi connectivity index (χ0n) is 16.2. The van der Waals surface area contributed by atoms with Crippen LogP contribution in [0.2, 0.25) is 0 Å². The number of aromatic nitrogens is 6. The number of aryl methyl sites for hydroxylation is 2. The van der Waals surface area contributed by atoms with Crippen molar-refractivity contribution in [3.05, 3.63) is 72.2 Å². The van der Waals surface area contributed by atoms with Gasteiger partial charge >= 0.3 is 0 Å². The van der Waals surface area contributed by atoms with Gasteiger partial charge in [-0.2, -0.15) is 0 Å². The van der Waals surface area contributed by atoms with Crippen LogP contribution < -0.4 is 5.32 Å². The topological polar surface area (TPSA) is 81.4 Å². The number of pyridine rings is 1. The Balaban J connectivity index is 1.49. The van der Waals surface area contributed by atoms with E-state index in [0.29, 0.717) is 12.5 Å². The highest BCUT2D eigenvalue weighted by Gasteiger charge is 2.17. The molecule has 1 aromatic carbocycles. The van der Waals surface area contributed by atoms with Gasteiger partial charge in [0.2, 0.25) is 5.95 Å². The van der Waals surface area contributed by atoms with E-state index in [0.717, 1.165) is 53.4 Å². The molecular weight excluding hydrogens is 362 g/mol. The zero-order chi connectivity index (χ0) is 19.6. The Kier molecular flexibility index (Phi) is 4.48. The maximum Gasteiger partial charge on any atom is 0.223 e. The molecule has 0 saturated carbocycles. The van der Waals surface area contributed by atoms with Crippen LogP contribution in [0.5, 0.6) is 0 Å². The third-order valence-electron chi connectivity index (χ3n) is 5.20. The Bertz CT molecular complexity index is 1130. The molecular formula is C22H21N7. The van der Waals surface area contributed by atoms with E-state index in [-0.39, 0.29) is 0 Å². The number of benzene rings is 1. The first kappa shape index (κ1) is 17.5. The van der Waals surface area contributed by atoms with E-state index in [1.54, 1.807) is 12.4 Å². The van der Waals surface area contributed by atoms with Gasteiger partial charge in [-0.1, -0.05) is 29.8 Å². The van der Waals surface area contributed by atoms with Gasteiger partial charge in [0.15, 0.2) is 5.82 Å². The Hall–Kier alpha value is -3.61. The highest BCUT2D eigenvalue weighted by atomic mass is 15.3. The van der Waals surface area contributed by atoms with E-state index in [2.05, 4.69) is 61.2 Å². The summed E-state index contributed by atoms with van der Waals surface area (Å²) in [6, 6.07) is 12.3. The summed E-state index contributed by atoms with van der Waals surface area (Å²) in [4.78, 5) is 13.5. The minimum Gasteiger partial charge on any atom is -0.347 e. The number of fused-ring (bicyclic) bond motifs is 1. The lowest BCUT2D eigenvalue weighted by molar-refractivity contribution is 0.694. The predicted octanol–water partition coefficient (Wildman–Crippen LogP) is 3.66. The second-order valence-corrected chi connectivity index (χ2v) is 7.20. The molecule has 0 saturated heterocycles. The summed E-state index contributed by atoms with van der Waals surface area (Å²) in [6.45, 7) is 3.61. The van der Waals surface area contributed by atoms with E-state index in [9.17, 15) is 0 Å². The summed E-state index contributed by atoms with van der Waals surface area (Å²) in [5, 5.41) is 11.9. The molecule has 7 nitrogen and oxygen atoms in total. The first-order valence-electron chi connectivity index (χ1n) is 9.77. The quantitative estimate of drug-likeness (QED) is 0.566. The fourth-order valence-corrected chi connectivity index (χ4v) is 3.64. The molecule has 5 rings (SSSR count). The minimum atomic E-state index is 0.551. The predicted molar refractivity (Wildman–Crippen MR) is 111 cm³/mol. The number of nitrogens with one attached hydrogen (secondary N) is 1. The first-order valence-corrected chi connectivity index (χ1v) is 9.77. The van der Waals surface area contributed by atoms with Gasteiger partial charge in [0.05, 0.1) is 12.2 Å². The average molecular weight is 383 g/mol. The number of nitrogens with zero attached hydrogens (tertiary/aromatic N) is 6. The van der Waals surface area contributed by atoms with Crippen LogP contribution in [0.15, 0.2) is 55.0 Å². The molecule has 3 aromatic heterocycles. The summed E-state index contributed by atoms with van der Waals surface area (Å²) in [5.41, 5.74) is 5.17. The van der Waals surface area contributed by atoms with Crippen LogP contribution in [0.3, 0.4) is 0 Å². The van der Waals surface area contributed by atoms with Crippen molar-refractivity contribution in [3.8, 4) is 22.4 Å². The van der Waals surface area contributed by atoms with Crippen LogP contribution in [0.1, 0.15) is 23.6 Å². The molecule has 0 atom stereocenters. The van der Waals surface area contributed by atoms with E-state index in [4.69, 9.17) is 4.98 Å². The van der Waals surface area contributed by atoms with Crippen molar-refractivity contribution < 1.29 is 0 Å². The Morgan fingerprint density at radius 2 is 1.83 bits per heavy atom. The van der Waals surface area contributed by atoms with Crippen molar-refractivity contribution in [2.75, 3.05) is 5.32 Å². The molecule has 0 bridgehead atoms. The second-order valence-electron chi connectivity index (χ2n) is 7.20. The smallest absolute Gasteiger partial charge is 0.223 e. The summed E-state index contributed by atoms with van der Waals surface area (Å²) in [7, 11) is 0. The maximum atomic E-state index is 4.84. The van der Waals surface area contributed by atoms with Gasteiger partial charge in [0, 0.05) is 42.7 Å². The maximum absolute atomic E-state index is 4.84. The molecule has 1 aliphatic rings. The molecule has 4 heterocycles. The van der Waals surface area contributed by atoms with Crippen LogP contribution in [0, 0.1) is 6.92 Å². The van der Waals surface area contributed by atoms with E-state index < -0.39 is 0 Å². The van der Waals surface area contributed by atoms with Crippen molar-refractivity contribution >= 4 is 5.95 Å². The van der Waals surface area contributed by atoms with Gasteiger partial charge in [0.1, 0.15) is 5.82 Å². The fourth-order valence-electron chi connectivity index (χ4n) is 3.64. The molecule has 0 fully saturated rings. The number of hydrogen-bond acceptors (Lipinski definition) is 6. The monoisotopic (exact) mass is 383 g/mol. The van der Waals surface area contributed by atoms with Crippen molar-refractivity contribution in [3.63, 3.8) is 0 Å². The molecule has 0 radical (unpaired) electrons. The van der Waals surface area contributed by atoms with Gasteiger partial charge in [-0.05, 0) is 31.0 Å². The lowest BCUT2D eigenvalue weighted by Crippen LogP contribution is -2.10. The second kappa shape index (κ2) is 7.43. The van der Waals surface area contributed by atoms with Gasteiger partial charge in [-0.15, -0.1) is 10.2 Å². The lowest BCUT2D eigenvalue weighted by Gasteiger charge is -2.12. The minimum absolute atomic E-state index is 0.551. The highest BCUT2D eigenvalue weighted by Crippen LogP contribution is 2.30. The summed E-state index contributed by atoms with van der Waals surface area (Å²) < 4.78 is 2.18. The van der Waals surface area contributed by atoms with Crippen LogP contribution in [-0.4, -0.2) is 29.7 Å². The molecule has 4 aromatic rings. The highest BCUT2D eigenvalue weighted by molar-refractivity contribution is 5.80. The van der Waals surface area contributed by atoms with Crippen molar-refractivity contribution in [2.24, 2.45) is 0 Å². The zero-order valence-corrected chi connectivity index (χ0v) is 16.2. The van der Waals surface area contributed by atoms with Crippen molar-refractivity contribution in [2.45, 2.75) is 32.9 Å². The Morgan fingerprint density at radius 3 is 2.66 bits per heavy atom. The number of anilines is 1. The van der Waals surface area contributed by atoms with E-state index >= 15 is 0 Å². The van der Waals surface area contributed by atoms with Crippen LogP contribution in [-0.2, 0) is 19.5 Å². The first-order chi connectivity index (χ1) is 14.3. The largest absolute Gasteiger partial charge is 0.347 e. The summed E-state index contributed by atoms with van der Waals surface area (Å²) in [5.74, 6) is 2.57. The van der Waals surface area contributed by atoms with Crippen molar-refractivity contribution in [1.82, 2.24) is 29.7 Å². The van der Waals surface area contributed by atoms with Gasteiger partial charge < -0.3 is 9.88 Å². The lowest BCUT2D eigenvalue weighted by atomic mass is 10.0. The molecule has 1 aliphatic heterocycles. The molecule has 0 unspecified atom stereocenters. The summed E-state index contributed by atoms with van der Waals surface area (Å²) in [6.07, 6.45) is 7.57. The van der Waals surface area contributed by atoms with E-state index in [1.807, 2.05) is 18.3 Å². The average Bonchev–Trinajstić information content (AvgIpc) is 3.38. The van der Waals surface area contributed by atoms with Gasteiger partial charge in [-0.3, -0.25) is 4.98 Å². The third kappa shape index (κ3) is 3.47. The third-order valence-corrected chi connectivity index (χ3v) is 5.20. The molecule has 0 aliphatic carbocycles. The molecule has 144 valence electrons. The van der Waals surface area contributed by atoms with E-state index in [1.165, 1.54) is 5.56 Å². The van der Waals surface area contributed by atoms with Crippen LogP contribution in [0.4, 0.5) is 5.95 Å². The van der Waals surface area contributed by atoms with Gasteiger partial charge in [-0.25, -0.2) is 9.97 Å².